The van der Waals surface area contributed by atoms with Gasteiger partial charge in [-0.05, 0) is 72.5 Å². The van der Waals surface area contributed by atoms with E-state index in [1.54, 1.807) is 29.7 Å². The van der Waals surface area contributed by atoms with Gasteiger partial charge in [-0.2, -0.15) is 0 Å². The molecule has 2 aliphatic rings. The van der Waals surface area contributed by atoms with Crippen molar-refractivity contribution in [2.24, 2.45) is 0 Å². The monoisotopic (exact) mass is 530 g/mol. The average molecular weight is 531 g/mol. The molecule has 4 aromatic rings. The Bertz CT molecular complexity index is 1500. The quantitative estimate of drug-likeness (QED) is 0.258. The van der Waals surface area contributed by atoms with E-state index in [0.29, 0.717) is 24.5 Å². The summed E-state index contributed by atoms with van der Waals surface area (Å²) in [5, 5.41) is 16.3. The average Bonchev–Trinajstić information content (AvgIpc) is 3.49. The van der Waals surface area contributed by atoms with Crippen molar-refractivity contribution in [1.29, 1.82) is 0 Å². The standard InChI is InChI=1S/C30H27ClN2O3S/c31-22-5-3-6-23(19-22)33-30(28(34)35)13-11-29(12-14-30)21(18-20-4-1-2-7-24(20)29)9-16-36-26-8-15-32-25-10-17-37-27(25)26/h1-8,10,15,17-19,33H,9,11-14,16H2,(H,34,35). The van der Waals surface area contributed by atoms with Crippen LogP contribution in [0.4, 0.5) is 5.69 Å². The third-order valence-electron chi connectivity index (χ3n) is 7.93. The zero-order valence-corrected chi connectivity index (χ0v) is 21.8. The second-order valence-corrected chi connectivity index (χ2v) is 11.3. The zero-order valence-electron chi connectivity index (χ0n) is 20.2. The Morgan fingerprint density at radius 2 is 1.92 bits per heavy atom. The van der Waals surface area contributed by atoms with Gasteiger partial charge < -0.3 is 15.2 Å². The molecule has 2 N–H and O–H groups in total. The number of hydrogen-bond donors (Lipinski definition) is 2. The maximum Gasteiger partial charge on any atom is 0.329 e. The van der Waals surface area contributed by atoms with Crippen LogP contribution in [-0.4, -0.2) is 28.2 Å². The Labute approximate surface area is 224 Å². The van der Waals surface area contributed by atoms with E-state index in [-0.39, 0.29) is 5.41 Å². The van der Waals surface area contributed by atoms with Crippen LogP contribution in [0.5, 0.6) is 5.75 Å². The van der Waals surface area contributed by atoms with Crippen LogP contribution in [-0.2, 0) is 10.2 Å². The second-order valence-electron chi connectivity index (χ2n) is 9.90. The number of nitrogens with zero attached hydrogens (tertiary/aromatic N) is 1. The van der Waals surface area contributed by atoms with Crippen molar-refractivity contribution in [3.63, 3.8) is 0 Å². The molecule has 188 valence electrons. The molecule has 2 aromatic heterocycles. The van der Waals surface area contributed by atoms with Crippen molar-refractivity contribution >= 4 is 50.9 Å². The first-order chi connectivity index (χ1) is 18.0. The molecule has 2 aromatic carbocycles. The number of carbonyl (C=O) groups is 1. The minimum Gasteiger partial charge on any atom is -0.492 e. The number of aromatic nitrogens is 1. The topological polar surface area (TPSA) is 71.5 Å². The molecule has 0 radical (unpaired) electrons. The molecule has 0 atom stereocenters. The molecule has 1 spiro atoms. The molecule has 1 fully saturated rings. The fourth-order valence-electron chi connectivity index (χ4n) is 6.03. The van der Waals surface area contributed by atoms with Crippen LogP contribution in [0, 0.1) is 0 Å². The summed E-state index contributed by atoms with van der Waals surface area (Å²) in [4.78, 5) is 17.0. The fourth-order valence-corrected chi connectivity index (χ4v) is 7.04. The first kappa shape index (κ1) is 24.0. The van der Waals surface area contributed by atoms with Crippen LogP contribution in [0.25, 0.3) is 16.3 Å². The Balaban J connectivity index is 1.24. The van der Waals surface area contributed by atoms with E-state index in [1.165, 1.54) is 16.7 Å². The van der Waals surface area contributed by atoms with Gasteiger partial charge in [0.15, 0.2) is 0 Å². The highest BCUT2D eigenvalue weighted by Gasteiger charge is 2.51. The van der Waals surface area contributed by atoms with Gasteiger partial charge in [0, 0.05) is 28.7 Å². The van der Waals surface area contributed by atoms with Crippen molar-refractivity contribution in [2.45, 2.75) is 43.1 Å². The number of benzene rings is 2. The number of thiophene rings is 1. The summed E-state index contributed by atoms with van der Waals surface area (Å²) in [6.07, 6.45) is 7.40. The molecule has 2 heterocycles. The number of ether oxygens (including phenoxy) is 1. The van der Waals surface area contributed by atoms with E-state index in [1.807, 2.05) is 29.6 Å². The summed E-state index contributed by atoms with van der Waals surface area (Å²) >= 11 is 7.81. The largest absolute Gasteiger partial charge is 0.492 e. The van der Waals surface area contributed by atoms with Crippen molar-refractivity contribution in [3.05, 3.63) is 94.0 Å². The van der Waals surface area contributed by atoms with E-state index in [9.17, 15) is 9.90 Å². The molecule has 2 aliphatic carbocycles. The van der Waals surface area contributed by atoms with Gasteiger partial charge in [0.25, 0.3) is 0 Å². The van der Waals surface area contributed by atoms with E-state index < -0.39 is 11.5 Å². The summed E-state index contributed by atoms with van der Waals surface area (Å²) < 4.78 is 7.32. The molecule has 0 amide bonds. The molecule has 6 rings (SSSR count). The Morgan fingerprint density at radius 1 is 1.08 bits per heavy atom. The van der Waals surface area contributed by atoms with E-state index in [2.05, 4.69) is 40.6 Å². The first-order valence-corrected chi connectivity index (χ1v) is 13.8. The number of halogens is 1. The highest BCUT2D eigenvalue weighted by molar-refractivity contribution is 7.17. The van der Waals surface area contributed by atoms with Gasteiger partial charge in [-0.1, -0.05) is 53.6 Å². The molecule has 1 saturated carbocycles. The van der Waals surface area contributed by atoms with Crippen molar-refractivity contribution in [2.75, 3.05) is 11.9 Å². The third kappa shape index (κ3) is 4.28. The molecule has 0 aliphatic heterocycles. The molecule has 0 bridgehead atoms. The van der Waals surface area contributed by atoms with Crippen LogP contribution in [0.2, 0.25) is 5.02 Å². The molecule has 5 nitrogen and oxygen atoms in total. The molecule has 7 heteroatoms. The Kier molecular flexibility index (Phi) is 6.17. The number of aliphatic carboxylic acids is 1. The highest BCUT2D eigenvalue weighted by Crippen LogP contribution is 2.54. The maximum absolute atomic E-state index is 12.6. The molecular weight excluding hydrogens is 504 g/mol. The van der Waals surface area contributed by atoms with Crippen LogP contribution < -0.4 is 10.1 Å². The summed E-state index contributed by atoms with van der Waals surface area (Å²) in [6, 6.07) is 19.7. The maximum atomic E-state index is 12.6. The van der Waals surface area contributed by atoms with Gasteiger partial charge in [-0.15, -0.1) is 11.3 Å². The zero-order chi connectivity index (χ0) is 25.5. The van der Waals surface area contributed by atoms with Gasteiger partial charge in [-0.25, -0.2) is 4.79 Å². The van der Waals surface area contributed by atoms with Gasteiger partial charge in [-0.3, -0.25) is 4.98 Å². The van der Waals surface area contributed by atoms with Crippen LogP contribution in [0.1, 0.15) is 43.2 Å². The number of hydrogen-bond acceptors (Lipinski definition) is 5. The van der Waals surface area contributed by atoms with Crippen molar-refractivity contribution < 1.29 is 14.6 Å². The third-order valence-corrected chi connectivity index (χ3v) is 9.09. The Morgan fingerprint density at radius 3 is 2.73 bits per heavy atom. The number of carboxylic acids is 1. The predicted molar refractivity (Wildman–Crippen MR) is 150 cm³/mol. The van der Waals surface area contributed by atoms with Crippen molar-refractivity contribution in [3.8, 4) is 5.75 Å². The number of carboxylic acid groups (broad SMARTS) is 1. The van der Waals surface area contributed by atoms with E-state index in [0.717, 1.165) is 40.9 Å². The number of rotatable bonds is 7. The number of pyridine rings is 1. The number of fused-ring (bicyclic) bond motifs is 3. The predicted octanol–water partition coefficient (Wildman–Crippen LogP) is 7.56. The van der Waals surface area contributed by atoms with E-state index in [4.69, 9.17) is 16.3 Å². The van der Waals surface area contributed by atoms with Gasteiger partial charge in [0.05, 0.1) is 16.8 Å². The van der Waals surface area contributed by atoms with E-state index >= 15 is 0 Å². The lowest BCUT2D eigenvalue weighted by molar-refractivity contribution is -0.143. The molecular formula is C30H27ClN2O3S. The molecule has 0 saturated heterocycles. The van der Waals surface area contributed by atoms with Crippen LogP contribution in [0.15, 0.2) is 77.8 Å². The van der Waals surface area contributed by atoms with Gasteiger partial charge in [0.2, 0.25) is 0 Å². The normalized spacial score (nSPS) is 22.6. The van der Waals surface area contributed by atoms with Gasteiger partial charge >= 0.3 is 5.97 Å². The lowest BCUT2D eigenvalue weighted by atomic mass is 9.62. The Hall–Kier alpha value is -3.35. The fraction of sp³-hybridized carbons (Fsp3) is 0.267. The smallest absolute Gasteiger partial charge is 0.329 e. The lowest BCUT2D eigenvalue weighted by Crippen LogP contribution is -2.52. The minimum atomic E-state index is -1.03. The lowest BCUT2D eigenvalue weighted by Gasteiger charge is -2.45. The number of nitrogens with one attached hydrogen (secondary N) is 1. The van der Waals surface area contributed by atoms with Crippen LogP contribution in [0.3, 0.4) is 0 Å². The molecule has 37 heavy (non-hydrogen) atoms. The van der Waals surface area contributed by atoms with Crippen LogP contribution >= 0.6 is 22.9 Å². The molecule has 0 unspecified atom stereocenters. The summed E-state index contributed by atoms with van der Waals surface area (Å²) in [6.45, 7) is 0.559. The first-order valence-electron chi connectivity index (χ1n) is 12.5. The number of anilines is 1. The highest BCUT2D eigenvalue weighted by atomic mass is 35.5. The summed E-state index contributed by atoms with van der Waals surface area (Å²) in [7, 11) is 0. The summed E-state index contributed by atoms with van der Waals surface area (Å²) in [5.74, 6) is 0.0459. The summed E-state index contributed by atoms with van der Waals surface area (Å²) in [5.41, 5.74) is 4.34. The van der Waals surface area contributed by atoms with Gasteiger partial charge in [0.1, 0.15) is 11.3 Å². The minimum absolute atomic E-state index is 0.175. The SMILES string of the molecule is O=C(O)C1(Nc2cccc(Cl)c2)CCC2(CC1)C(CCOc1ccnc3ccsc13)=Cc1ccccc12. The second kappa shape index (κ2) is 9.51. The van der Waals surface area contributed by atoms with Crippen molar-refractivity contribution in [1.82, 2.24) is 4.98 Å².